The minimum absolute atomic E-state index is 0.224. The van der Waals surface area contributed by atoms with E-state index in [4.69, 9.17) is 28.6 Å². The van der Waals surface area contributed by atoms with Gasteiger partial charge in [0.05, 0.1) is 26.9 Å². The summed E-state index contributed by atoms with van der Waals surface area (Å²) < 4.78 is 5.46. The average molecular weight is 502 g/mol. The largest absolute Gasteiger partial charge is 0.385 e. The molecule has 1 fully saturated rings. The molecule has 2 aliphatic rings. The minimum atomic E-state index is -0.414. The van der Waals surface area contributed by atoms with Crippen molar-refractivity contribution in [2.24, 2.45) is 0 Å². The maximum absolute atomic E-state index is 13.4. The molecule has 10 heteroatoms. The summed E-state index contributed by atoms with van der Waals surface area (Å²) in [5, 5.41) is 3.13. The summed E-state index contributed by atoms with van der Waals surface area (Å²) in [7, 11) is 1.59. The van der Waals surface area contributed by atoms with Crippen LogP contribution in [0.1, 0.15) is 12.0 Å². The van der Waals surface area contributed by atoms with Crippen LogP contribution in [0, 0.1) is 0 Å². The number of thioether (sulfide) groups is 1. The SMILES string of the molecule is COCCCN1C(=O)C(=C2C(=O)N(CC(=O)Nc3ccccc3Cl)c3ccccc32)SC1=S. The number of ether oxygens (including phenoxy) is 1. The number of nitrogens with one attached hydrogen (secondary N) is 1. The van der Waals surface area contributed by atoms with Crippen molar-refractivity contribution in [3.05, 3.63) is 64.0 Å². The number of benzene rings is 2. The predicted octanol–water partition coefficient (Wildman–Crippen LogP) is 3.93. The number of carbonyl (C=O) groups is 3. The van der Waals surface area contributed by atoms with Crippen LogP contribution >= 0.6 is 35.6 Å². The summed E-state index contributed by atoms with van der Waals surface area (Å²) in [6.45, 7) is 0.687. The van der Waals surface area contributed by atoms with Gasteiger partial charge in [-0.3, -0.25) is 24.2 Å². The van der Waals surface area contributed by atoms with Crippen LogP contribution in [0.4, 0.5) is 11.4 Å². The van der Waals surface area contributed by atoms with E-state index >= 15 is 0 Å². The van der Waals surface area contributed by atoms with Gasteiger partial charge in [0.25, 0.3) is 11.8 Å². The van der Waals surface area contributed by atoms with E-state index in [1.165, 1.54) is 9.80 Å². The quantitative estimate of drug-likeness (QED) is 0.352. The number of thiocarbonyl (C=S) groups is 1. The van der Waals surface area contributed by atoms with Gasteiger partial charge in [-0.15, -0.1) is 0 Å². The number of para-hydroxylation sites is 2. The molecule has 33 heavy (non-hydrogen) atoms. The molecule has 0 aromatic heterocycles. The molecular formula is C23H20ClN3O4S2. The summed E-state index contributed by atoms with van der Waals surface area (Å²) in [6.07, 6.45) is 0.629. The third-order valence-electron chi connectivity index (χ3n) is 5.18. The lowest BCUT2D eigenvalue weighted by atomic mass is 10.1. The van der Waals surface area contributed by atoms with Crippen molar-refractivity contribution in [1.29, 1.82) is 0 Å². The molecule has 1 saturated heterocycles. The van der Waals surface area contributed by atoms with Gasteiger partial charge in [0.1, 0.15) is 10.9 Å². The van der Waals surface area contributed by atoms with Crippen molar-refractivity contribution in [3.63, 3.8) is 0 Å². The smallest absolute Gasteiger partial charge is 0.267 e. The second kappa shape index (κ2) is 10.0. The van der Waals surface area contributed by atoms with Crippen LogP contribution in [0.3, 0.4) is 0 Å². The van der Waals surface area contributed by atoms with Gasteiger partial charge < -0.3 is 10.1 Å². The Morgan fingerprint density at radius 2 is 1.82 bits per heavy atom. The Bertz CT molecular complexity index is 1180. The summed E-state index contributed by atoms with van der Waals surface area (Å²) in [5.41, 5.74) is 1.89. The van der Waals surface area contributed by atoms with Crippen LogP contribution in [0.15, 0.2) is 53.4 Å². The highest BCUT2D eigenvalue weighted by Gasteiger charge is 2.42. The monoisotopic (exact) mass is 501 g/mol. The molecule has 0 bridgehead atoms. The lowest BCUT2D eigenvalue weighted by Crippen LogP contribution is -2.35. The molecule has 0 unspecified atom stereocenters. The van der Waals surface area contributed by atoms with Crippen LogP contribution in [0.25, 0.3) is 5.57 Å². The highest BCUT2D eigenvalue weighted by molar-refractivity contribution is 8.26. The molecule has 3 amide bonds. The van der Waals surface area contributed by atoms with Crippen molar-refractivity contribution in [2.75, 3.05) is 37.0 Å². The first kappa shape index (κ1) is 23.4. The Labute approximate surface area is 205 Å². The fraction of sp³-hybridized carbons (Fsp3) is 0.217. The first-order valence-corrected chi connectivity index (χ1v) is 11.7. The predicted molar refractivity (Wildman–Crippen MR) is 134 cm³/mol. The molecule has 0 aliphatic carbocycles. The Morgan fingerprint density at radius 3 is 2.58 bits per heavy atom. The van der Waals surface area contributed by atoms with Gasteiger partial charge >= 0.3 is 0 Å². The van der Waals surface area contributed by atoms with Gasteiger partial charge in [-0.1, -0.05) is 65.9 Å². The third-order valence-corrected chi connectivity index (χ3v) is 6.96. The topological polar surface area (TPSA) is 79.0 Å². The third kappa shape index (κ3) is 4.67. The van der Waals surface area contributed by atoms with Gasteiger partial charge in [-0.25, -0.2) is 0 Å². The molecule has 2 aliphatic heterocycles. The van der Waals surface area contributed by atoms with Gasteiger partial charge in [-0.2, -0.15) is 0 Å². The van der Waals surface area contributed by atoms with Gasteiger partial charge in [0, 0.05) is 25.8 Å². The molecule has 0 radical (unpaired) electrons. The van der Waals surface area contributed by atoms with E-state index in [0.717, 1.165) is 11.8 Å². The van der Waals surface area contributed by atoms with Crippen molar-refractivity contribution in [2.45, 2.75) is 6.42 Å². The Kier molecular flexibility index (Phi) is 7.14. The maximum Gasteiger partial charge on any atom is 0.267 e. The van der Waals surface area contributed by atoms with E-state index in [2.05, 4.69) is 5.32 Å². The molecule has 0 spiro atoms. The van der Waals surface area contributed by atoms with E-state index < -0.39 is 11.8 Å². The van der Waals surface area contributed by atoms with Crippen LogP contribution in [-0.4, -0.2) is 53.7 Å². The van der Waals surface area contributed by atoms with Crippen molar-refractivity contribution in [3.8, 4) is 0 Å². The maximum atomic E-state index is 13.4. The van der Waals surface area contributed by atoms with Crippen molar-refractivity contribution < 1.29 is 19.1 Å². The number of anilines is 2. The van der Waals surface area contributed by atoms with Crippen molar-refractivity contribution in [1.82, 2.24) is 4.90 Å². The zero-order valence-electron chi connectivity index (χ0n) is 17.7. The van der Waals surface area contributed by atoms with E-state index in [-0.39, 0.29) is 22.9 Å². The fourth-order valence-corrected chi connectivity index (χ4v) is 5.22. The van der Waals surface area contributed by atoms with Crippen LogP contribution in [0.5, 0.6) is 0 Å². The lowest BCUT2D eigenvalue weighted by Gasteiger charge is -2.17. The number of fused-ring (bicyclic) bond motifs is 1. The standard InChI is InChI=1S/C23H20ClN3O4S2/c1-31-12-6-11-26-22(30)20(33-23(26)32)19-14-7-2-5-10-17(14)27(21(19)29)13-18(28)25-16-9-4-3-8-15(16)24/h2-5,7-10H,6,11-13H2,1H3,(H,25,28). The number of amides is 3. The number of hydrogen-bond acceptors (Lipinski definition) is 6. The molecule has 7 nitrogen and oxygen atoms in total. The van der Waals surface area contributed by atoms with Gasteiger partial charge in [0.15, 0.2) is 0 Å². The molecule has 0 atom stereocenters. The number of rotatable bonds is 7. The Balaban J connectivity index is 1.61. The first-order chi connectivity index (χ1) is 15.9. The van der Waals surface area contributed by atoms with Crippen LogP contribution in [-0.2, 0) is 19.1 Å². The lowest BCUT2D eigenvalue weighted by molar-refractivity contribution is -0.122. The van der Waals surface area contributed by atoms with Gasteiger partial charge in [0.2, 0.25) is 5.91 Å². The zero-order chi connectivity index (χ0) is 23.5. The highest BCUT2D eigenvalue weighted by Crippen LogP contribution is 2.44. The van der Waals surface area contributed by atoms with Crippen molar-refractivity contribution >= 4 is 74.6 Å². The Morgan fingerprint density at radius 1 is 1.09 bits per heavy atom. The van der Waals surface area contributed by atoms with E-state index in [1.807, 2.05) is 0 Å². The normalized spacial score (nSPS) is 17.7. The number of carbonyl (C=O) groups excluding carboxylic acids is 3. The first-order valence-electron chi connectivity index (χ1n) is 10.1. The molecule has 1 N–H and O–H groups in total. The molecular weight excluding hydrogens is 482 g/mol. The molecule has 0 saturated carbocycles. The number of halogens is 1. The molecule has 2 aromatic carbocycles. The number of nitrogens with zero attached hydrogens (tertiary/aromatic N) is 2. The second-order valence-corrected chi connectivity index (χ2v) is 9.36. The highest BCUT2D eigenvalue weighted by atomic mass is 35.5. The van der Waals surface area contributed by atoms with E-state index in [9.17, 15) is 14.4 Å². The van der Waals surface area contributed by atoms with Crippen LogP contribution < -0.4 is 10.2 Å². The fourth-order valence-electron chi connectivity index (χ4n) is 3.66. The van der Waals surface area contributed by atoms with E-state index in [1.54, 1.807) is 55.6 Å². The van der Waals surface area contributed by atoms with E-state index in [0.29, 0.717) is 45.9 Å². The summed E-state index contributed by atoms with van der Waals surface area (Å²) >= 11 is 12.6. The second-order valence-electron chi connectivity index (χ2n) is 7.31. The summed E-state index contributed by atoms with van der Waals surface area (Å²) in [6, 6.07) is 14.0. The molecule has 170 valence electrons. The Hall–Kier alpha value is -2.72. The zero-order valence-corrected chi connectivity index (χ0v) is 20.1. The summed E-state index contributed by atoms with van der Waals surface area (Å²) in [5.74, 6) is -1.12. The molecule has 4 rings (SSSR count). The molecule has 2 aromatic rings. The average Bonchev–Trinajstić information content (AvgIpc) is 3.23. The van der Waals surface area contributed by atoms with Gasteiger partial charge in [-0.05, 0) is 24.6 Å². The van der Waals surface area contributed by atoms with Crippen LogP contribution in [0.2, 0.25) is 5.02 Å². The summed E-state index contributed by atoms with van der Waals surface area (Å²) in [4.78, 5) is 42.4. The number of methoxy groups -OCH3 is 1. The number of hydrogen-bond donors (Lipinski definition) is 1. The minimum Gasteiger partial charge on any atom is -0.385 e. The molecule has 2 heterocycles.